The minimum absolute atomic E-state index is 0.153. The number of amides is 1. The number of hydrogen-bond donors (Lipinski definition) is 2. The highest BCUT2D eigenvalue weighted by Crippen LogP contribution is 2.28. The second-order valence-electron chi connectivity index (χ2n) is 4.42. The third kappa shape index (κ3) is 3.96. The molecule has 1 saturated carbocycles. The van der Waals surface area contributed by atoms with E-state index < -0.39 is 0 Å². The summed E-state index contributed by atoms with van der Waals surface area (Å²) in [6.45, 7) is 2.08. The molecule has 0 atom stereocenters. The van der Waals surface area contributed by atoms with E-state index in [-0.39, 0.29) is 17.4 Å². The van der Waals surface area contributed by atoms with Crippen LogP contribution in [0.1, 0.15) is 29.8 Å². The number of nitrogens with one attached hydrogen (secondary N) is 1. The first kappa shape index (κ1) is 12.8. The lowest BCUT2D eigenvalue weighted by Crippen LogP contribution is -2.27. The van der Waals surface area contributed by atoms with Crippen LogP contribution in [0.2, 0.25) is 0 Å². The highest BCUT2D eigenvalue weighted by atomic mass is 16.5. The van der Waals surface area contributed by atoms with Gasteiger partial charge in [0.2, 0.25) is 0 Å². The molecule has 0 bridgehead atoms. The lowest BCUT2D eigenvalue weighted by atomic mass is 10.3. The first-order chi connectivity index (χ1) is 8.77. The molecule has 6 nitrogen and oxygen atoms in total. The van der Waals surface area contributed by atoms with Crippen molar-refractivity contribution in [3.8, 4) is 0 Å². The van der Waals surface area contributed by atoms with Crippen LogP contribution in [0, 0.1) is 5.92 Å². The molecule has 6 heteroatoms. The van der Waals surface area contributed by atoms with Gasteiger partial charge in [0.25, 0.3) is 5.91 Å². The van der Waals surface area contributed by atoms with Crippen LogP contribution in [0.5, 0.6) is 0 Å². The van der Waals surface area contributed by atoms with Gasteiger partial charge in [-0.15, -0.1) is 0 Å². The second kappa shape index (κ2) is 6.30. The maximum Gasteiger partial charge on any atom is 0.273 e. The van der Waals surface area contributed by atoms with E-state index in [1.54, 1.807) is 0 Å². The molecule has 0 aromatic carbocycles. The summed E-state index contributed by atoms with van der Waals surface area (Å²) in [5, 5.41) is 2.74. The molecule has 0 unspecified atom stereocenters. The molecule has 1 aromatic heterocycles. The van der Waals surface area contributed by atoms with Gasteiger partial charge in [-0.05, 0) is 25.2 Å². The number of carbonyl (C=O) groups excluding carboxylic acids is 1. The number of nitrogens with zero attached hydrogens (tertiary/aromatic N) is 2. The fourth-order valence-electron chi connectivity index (χ4n) is 1.52. The van der Waals surface area contributed by atoms with E-state index in [9.17, 15) is 4.79 Å². The zero-order chi connectivity index (χ0) is 12.8. The molecule has 18 heavy (non-hydrogen) atoms. The van der Waals surface area contributed by atoms with Crippen LogP contribution in [-0.2, 0) is 4.74 Å². The maximum absolute atomic E-state index is 11.7. The fraction of sp³-hybridized carbons (Fsp3) is 0.583. The van der Waals surface area contributed by atoms with Gasteiger partial charge in [-0.1, -0.05) is 0 Å². The van der Waals surface area contributed by atoms with Crippen molar-refractivity contribution in [2.45, 2.75) is 19.3 Å². The van der Waals surface area contributed by atoms with Gasteiger partial charge in [0.05, 0.1) is 0 Å². The van der Waals surface area contributed by atoms with Crippen LogP contribution in [0.3, 0.4) is 0 Å². The Morgan fingerprint density at radius 3 is 2.94 bits per heavy atom. The van der Waals surface area contributed by atoms with Gasteiger partial charge in [0.15, 0.2) is 11.5 Å². The summed E-state index contributed by atoms with van der Waals surface area (Å²) in [6, 6.07) is 0. The summed E-state index contributed by atoms with van der Waals surface area (Å²) in [7, 11) is 0. The summed E-state index contributed by atoms with van der Waals surface area (Å²) >= 11 is 0. The van der Waals surface area contributed by atoms with Crippen molar-refractivity contribution in [2.75, 3.05) is 25.5 Å². The first-order valence-electron chi connectivity index (χ1n) is 6.20. The van der Waals surface area contributed by atoms with Gasteiger partial charge >= 0.3 is 0 Å². The topological polar surface area (TPSA) is 90.1 Å². The summed E-state index contributed by atoms with van der Waals surface area (Å²) in [6.07, 6.45) is 6.28. The van der Waals surface area contributed by atoms with Crippen molar-refractivity contribution in [3.63, 3.8) is 0 Å². The van der Waals surface area contributed by atoms with Crippen LogP contribution in [-0.4, -0.2) is 35.6 Å². The smallest absolute Gasteiger partial charge is 0.273 e. The SMILES string of the molecule is Nc1nccnc1C(=O)NCCCOCC1CC1. The lowest BCUT2D eigenvalue weighted by molar-refractivity contribution is 0.0933. The van der Waals surface area contributed by atoms with E-state index in [1.807, 2.05) is 0 Å². The number of aromatic nitrogens is 2. The summed E-state index contributed by atoms with van der Waals surface area (Å²) in [5.74, 6) is 0.641. The predicted octanol–water partition coefficient (Wildman–Crippen LogP) is 0.605. The molecule has 0 radical (unpaired) electrons. The van der Waals surface area contributed by atoms with Crippen molar-refractivity contribution < 1.29 is 9.53 Å². The second-order valence-corrected chi connectivity index (χ2v) is 4.42. The lowest BCUT2D eigenvalue weighted by Gasteiger charge is -2.06. The number of hydrogen-bond acceptors (Lipinski definition) is 5. The molecule has 1 fully saturated rings. The van der Waals surface area contributed by atoms with Gasteiger partial charge < -0.3 is 15.8 Å². The van der Waals surface area contributed by atoms with Gasteiger partial charge in [-0.25, -0.2) is 9.97 Å². The van der Waals surface area contributed by atoms with Crippen LogP contribution >= 0.6 is 0 Å². The van der Waals surface area contributed by atoms with Crippen molar-refractivity contribution in [1.82, 2.24) is 15.3 Å². The van der Waals surface area contributed by atoms with E-state index >= 15 is 0 Å². The average Bonchev–Trinajstić information content (AvgIpc) is 3.18. The molecule has 1 heterocycles. The normalized spacial score (nSPS) is 14.4. The summed E-state index contributed by atoms with van der Waals surface area (Å²) < 4.78 is 5.46. The fourth-order valence-corrected chi connectivity index (χ4v) is 1.52. The van der Waals surface area contributed by atoms with Gasteiger partial charge in [-0.3, -0.25) is 4.79 Å². The molecule has 98 valence electrons. The number of anilines is 1. The van der Waals surface area contributed by atoms with Crippen LogP contribution in [0.15, 0.2) is 12.4 Å². The zero-order valence-electron chi connectivity index (χ0n) is 10.3. The Balaban J connectivity index is 1.60. The number of carbonyl (C=O) groups is 1. The van der Waals surface area contributed by atoms with E-state index in [4.69, 9.17) is 10.5 Å². The van der Waals surface area contributed by atoms with Gasteiger partial charge in [0.1, 0.15) is 0 Å². The van der Waals surface area contributed by atoms with E-state index in [1.165, 1.54) is 25.2 Å². The molecule has 1 aliphatic rings. The Kier molecular flexibility index (Phi) is 4.46. The molecule has 0 saturated heterocycles. The van der Waals surface area contributed by atoms with Crippen molar-refractivity contribution in [3.05, 3.63) is 18.1 Å². The Morgan fingerprint density at radius 2 is 2.22 bits per heavy atom. The van der Waals surface area contributed by atoms with Crippen LogP contribution in [0.25, 0.3) is 0 Å². The molecular formula is C12H18N4O2. The molecular weight excluding hydrogens is 232 g/mol. The molecule has 0 aliphatic heterocycles. The number of nitrogens with two attached hydrogens (primary N) is 1. The predicted molar refractivity (Wildman–Crippen MR) is 66.9 cm³/mol. The molecule has 2 rings (SSSR count). The standard InChI is InChI=1S/C12H18N4O2/c13-11-10(14-5-6-15-11)12(17)16-4-1-7-18-8-9-2-3-9/h5-6,9H,1-4,7-8H2,(H2,13,15)(H,16,17). The average molecular weight is 250 g/mol. The van der Waals surface area contributed by atoms with Crippen molar-refractivity contribution >= 4 is 11.7 Å². The van der Waals surface area contributed by atoms with Crippen LogP contribution < -0.4 is 11.1 Å². The largest absolute Gasteiger partial charge is 0.382 e. The van der Waals surface area contributed by atoms with Crippen molar-refractivity contribution in [1.29, 1.82) is 0 Å². The monoisotopic (exact) mass is 250 g/mol. The molecule has 1 amide bonds. The van der Waals surface area contributed by atoms with E-state index in [0.717, 1.165) is 18.9 Å². The quantitative estimate of drug-likeness (QED) is 0.692. The third-order valence-electron chi connectivity index (χ3n) is 2.74. The summed E-state index contributed by atoms with van der Waals surface area (Å²) in [4.78, 5) is 19.4. The summed E-state index contributed by atoms with van der Waals surface area (Å²) in [5.41, 5.74) is 5.73. The van der Waals surface area contributed by atoms with Crippen molar-refractivity contribution in [2.24, 2.45) is 5.92 Å². The van der Waals surface area contributed by atoms with Crippen LogP contribution in [0.4, 0.5) is 5.82 Å². The Bertz CT molecular complexity index is 407. The third-order valence-corrected chi connectivity index (χ3v) is 2.74. The molecule has 3 N–H and O–H groups in total. The first-order valence-corrected chi connectivity index (χ1v) is 6.20. The Hall–Kier alpha value is -1.69. The Morgan fingerprint density at radius 1 is 1.44 bits per heavy atom. The number of ether oxygens (including phenoxy) is 1. The zero-order valence-corrected chi connectivity index (χ0v) is 10.3. The minimum atomic E-state index is -0.289. The van der Waals surface area contributed by atoms with Gasteiger partial charge in [0, 0.05) is 32.2 Å². The highest BCUT2D eigenvalue weighted by Gasteiger charge is 2.20. The van der Waals surface area contributed by atoms with E-state index in [2.05, 4.69) is 15.3 Å². The molecule has 0 spiro atoms. The Labute approximate surface area is 106 Å². The number of nitrogen functional groups attached to an aromatic ring is 1. The highest BCUT2D eigenvalue weighted by molar-refractivity contribution is 5.96. The van der Waals surface area contributed by atoms with Gasteiger partial charge in [-0.2, -0.15) is 0 Å². The minimum Gasteiger partial charge on any atom is -0.382 e. The molecule has 1 aromatic rings. The maximum atomic E-state index is 11.7. The molecule has 1 aliphatic carbocycles. The van der Waals surface area contributed by atoms with E-state index in [0.29, 0.717) is 13.2 Å². The number of rotatable bonds is 7.